The Morgan fingerprint density at radius 3 is 2.50 bits per heavy atom. The van der Waals surface area contributed by atoms with Gasteiger partial charge < -0.3 is 4.90 Å². The first-order chi connectivity index (χ1) is 9.51. The van der Waals surface area contributed by atoms with E-state index in [1.807, 2.05) is 6.92 Å². The number of carbonyl (C=O) groups is 3. The lowest BCUT2D eigenvalue weighted by atomic mass is 10.3. The number of aryl methyl sites for hydroxylation is 1. The molecule has 20 heavy (non-hydrogen) atoms. The van der Waals surface area contributed by atoms with Gasteiger partial charge in [-0.1, -0.05) is 6.92 Å². The second-order valence-corrected chi connectivity index (χ2v) is 4.41. The van der Waals surface area contributed by atoms with Crippen molar-refractivity contribution >= 4 is 17.7 Å². The minimum absolute atomic E-state index is 0.0422. The van der Waals surface area contributed by atoms with Gasteiger partial charge in [0.1, 0.15) is 18.8 Å². The van der Waals surface area contributed by atoms with E-state index in [1.165, 1.54) is 16.8 Å². The molecule has 0 aliphatic carbocycles. The Labute approximate surface area is 114 Å². The summed E-state index contributed by atoms with van der Waals surface area (Å²) < 4.78 is 1.19. The summed E-state index contributed by atoms with van der Waals surface area (Å²) in [5.41, 5.74) is -0.253. The van der Waals surface area contributed by atoms with Gasteiger partial charge in [-0.05, 0) is 12.5 Å². The Morgan fingerprint density at radius 1 is 1.25 bits per heavy atom. The van der Waals surface area contributed by atoms with Crippen LogP contribution in [0, 0.1) is 0 Å². The molecule has 1 N–H and O–H groups in total. The maximum absolute atomic E-state index is 12.2. The third-order valence-corrected chi connectivity index (χ3v) is 2.76. The highest BCUT2D eigenvalue weighted by Gasteiger charge is 2.28. The van der Waals surface area contributed by atoms with Crippen LogP contribution in [0.4, 0.5) is 0 Å². The first-order valence-corrected chi connectivity index (χ1v) is 6.21. The van der Waals surface area contributed by atoms with Crippen molar-refractivity contribution in [3.05, 3.63) is 28.2 Å². The van der Waals surface area contributed by atoms with Crippen LogP contribution in [0.15, 0.2) is 16.9 Å². The fraction of sp³-hybridized carbons (Fsp3) is 0.417. The van der Waals surface area contributed by atoms with Crippen molar-refractivity contribution in [2.75, 3.05) is 13.1 Å². The van der Waals surface area contributed by atoms with E-state index >= 15 is 0 Å². The maximum Gasteiger partial charge on any atom is 0.275 e. The molecule has 0 radical (unpaired) electrons. The van der Waals surface area contributed by atoms with Crippen molar-refractivity contribution in [3.63, 3.8) is 0 Å². The lowest BCUT2D eigenvalue weighted by Crippen LogP contribution is -2.53. The summed E-state index contributed by atoms with van der Waals surface area (Å²) in [6, 6.07) is 2.55. The lowest BCUT2D eigenvalue weighted by molar-refractivity contribution is -0.135. The molecule has 1 saturated heterocycles. The van der Waals surface area contributed by atoms with Gasteiger partial charge >= 0.3 is 0 Å². The highest BCUT2D eigenvalue weighted by atomic mass is 16.2. The lowest BCUT2D eigenvalue weighted by Gasteiger charge is -2.25. The molecule has 1 aromatic heterocycles. The largest absolute Gasteiger partial charge is 0.319 e. The number of amides is 3. The van der Waals surface area contributed by atoms with Crippen LogP contribution in [0.2, 0.25) is 0 Å². The van der Waals surface area contributed by atoms with Gasteiger partial charge in [-0.15, -0.1) is 0 Å². The molecule has 3 amide bonds. The number of imide groups is 1. The van der Waals surface area contributed by atoms with Crippen molar-refractivity contribution in [3.8, 4) is 0 Å². The van der Waals surface area contributed by atoms with Crippen LogP contribution in [-0.4, -0.2) is 45.5 Å². The first-order valence-electron chi connectivity index (χ1n) is 6.21. The molecule has 2 rings (SSSR count). The van der Waals surface area contributed by atoms with Crippen molar-refractivity contribution in [2.24, 2.45) is 0 Å². The van der Waals surface area contributed by atoms with Crippen LogP contribution in [0.5, 0.6) is 0 Å². The zero-order chi connectivity index (χ0) is 14.7. The van der Waals surface area contributed by atoms with E-state index in [0.29, 0.717) is 13.0 Å². The molecule has 2 heterocycles. The molecule has 0 atom stereocenters. The molecule has 8 nitrogen and oxygen atoms in total. The van der Waals surface area contributed by atoms with E-state index in [9.17, 15) is 19.2 Å². The molecular weight excluding hydrogens is 264 g/mol. The minimum Gasteiger partial charge on any atom is -0.319 e. The number of nitrogens with one attached hydrogen (secondary N) is 1. The Kier molecular flexibility index (Phi) is 3.92. The molecule has 1 fully saturated rings. The summed E-state index contributed by atoms with van der Waals surface area (Å²) in [7, 11) is 0. The third kappa shape index (κ3) is 2.90. The standard InChI is InChI=1S/C12H14N4O4/c1-2-5-16-11(19)4-3-8(14-16)12(20)15-6-9(17)13-10(18)7-15/h3-4H,2,5-7H2,1H3,(H,13,17,18). The molecule has 0 aromatic carbocycles. The average Bonchev–Trinajstić information content (AvgIpc) is 2.39. The topological polar surface area (TPSA) is 101 Å². The summed E-state index contributed by atoms with van der Waals surface area (Å²) in [5.74, 6) is -1.61. The van der Waals surface area contributed by atoms with E-state index < -0.39 is 17.7 Å². The van der Waals surface area contributed by atoms with Crippen molar-refractivity contribution in [2.45, 2.75) is 19.9 Å². The zero-order valence-electron chi connectivity index (χ0n) is 11.0. The number of aromatic nitrogens is 2. The quantitative estimate of drug-likeness (QED) is 0.696. The molecule has 8 heteroatoms. The summed E-state index contributed by atoms with van der Waals surface area (Å²) in [4.78, 5) is 47.3. The van der Waals surface area contributed by atoms with Crippen LogP contribution in [0.1, 0.15) is 23.8 Å². The number of nitrogens with zero attached hydrogens (tertiary/aromatic N) is 3. The van der Waals surface area contributed by atoms with E-state index in [1.54, 1.807) is 0 Å². The molecular formula is C12H14N4O4. The fourth-order valence-electron chi connectivity index (χ4n) is 1.88. The fourth-order valence-corrected chi connectivity index (χ4v) is 1.88. The van der Waals surface area contributed by atoms with Crippen LogP contribution >= 0.6 is 0 Å². The predicted octanol–water partition coefficient (Wildman–Crippen LogP) is -1.25. The van der Waals surface area contributed by atoms with Gasteiger partial charge in [-0.25, -0.2) is 4.68 Å². The SMILES string of the molecule is CCCn1nc(C(=O)N2CC(=O)NC(=O)C2)ccc1=O. The van der Waals surface area contributed by atoms with Gasteiger partial charge in [0.05, 0.1) is 0 Å². The van der Waals surface area contributed by atoms with Crippen LogP contribution in [-0.2, 0) is 16.1 Å². The summed E-state index contributed by atoms with van der Waals surface area (Å²) in [6.45, 7) is 1.90. The number of hydrogen-bond donors (Lipinski definition) is 1. The summed E-state index contributed by atoms with van der Waals surface area (Å²) in [6.07, 6.45) is 0.704. The van der Waals surface area contributed by atoms with Gasteiger partial charge in [0.25, 0.3) is 11.5 Å². The zero-order valence-corrected chi connectivity index (χ0v) is 11.0. The minimum atomic E-state index is -0.543. The van der Waals surface area contributed by atoms with E-state index in [0.717, 1.165) is 4.90 Å². The summed E-state index contributed by atoms with van der Waals surface area (Å²) in [5, 5.41) is 6.07. The smallest absolute Gasteiger partial charge is 0.275 e. The highest BCUT2D eigenvalue weighted by molar-refractivity contribution is 6.05. The second-order valence-electron chi connectivity index (χ2n) is 4.41. The molecule has 106 valence electrons. The van der Waals surface area contributed by atoms with Crippen LogP contribution in [0.25, 0.3) is 0 Å². The molecule has 1 aliphatic heterocycles. The van der Waals surface area contributed by atoms with Gasteiger partial charge in [0.2, 0.25) is 11.8 Å². The van der Waals surface area contributed by atoms with Gasteiger partial charge in [0.15, 0.2) is 0 Å². The van der Waals surface area contributed by atoms with Gasteiger partial charge in [-0.2, -0.15) is 5.10 Å². The third-order valence-electron chi connectivity index (χ3n) is 2.76. The van der Waals surface area contributed by atoms with E-state index in [2.05, 4.69) is 10.4 Å². The Balaban J connectivity index is 2.24. The molecule has 1 aromatic rings. The molecule has 0 spiro atoms. The van der Waals surface area contributed by atoms with Crippen LogP contribution < -0.4 is 10.9 Å². The molecule has 1 aliphatic rings. The van der Waals surface area contributed by atoms with Crippen molar-refractivity contribution in [1.82, 2.24) is 20.0 Å². The Morgan fingerprint density at radius 2 is 1.90 bits per heavy atom. The number of rotatable bonds is 3. The maximum atomic E-state index is 12.2. The van der Waals surface area contributed by atoms with Gasteiger partial charge in [-0.3, -0.25) is 24.5 Å². The predicted molar refractivity (Wildman–Crippen MR) is 67.8 cm³/mol. The van der Waals surface area contributed by atoms with Crippen molar-refractivity contribution in [1.29, 1.82) is 0 Å². The Bertz CT molecular complexity index is 606. The van der Waals surface area contributed by atoms with Crippen molar-refractivity contribution < 1.29 is 14.4 Å². The average molecular weight is 278 g/mol. The van der Waals surface area contributed by atoms with Crippen LogP contribution in [0.3, 0.4) is 0 Å². The monoisotopic (exact) mass is 278 g/mol. The first kappa shape index (κ1) is 13.9. The molecule has 0 unspecified atom stereocenters. The molecule has 0 saturated carbocycles. The number of hydrogen-bond acceptors (Lipinski definition) is 5. The number of piperazine rings is 1. The second kappa shape index (κ2) is 5.64. The van der Waals surface area contributed by atoms with E-state index in [-0.39, 0.29) is 24.3 Å². The van der Waals surface area contributed by atoms with E-state index in [4.69, 9.17) is 0 Å². The van der Waals surface area contributed by atoms with Gasteiger partial charge in [0, 0.05) is 12.6 Å². The Hall–Kier alpha value is -2.51. The summed E-state index contributed by atoms with van der Waals surface area (Å²) >= 11 is 0. The molecule has 0 bridgehead atoms. The normalized spacial score (nSPS) is 15.2. The number of carbonyl (C=O) groups excluding carboxylic acids is 3. The highest BCUT2D eigenvalue weighted by Crippen LogP contribution is 2.03.